The highest BCUT2D eigenvalue weighted by Crippen LogP contribution is 2.22. The minimum Gasteiger partial charge on any atom is -0.478 e. The van der Waals surface area contributed by atoms with Crippen LogP contribution >= 0.6 is 11.8 Å². The molecule has 128 valence electrons. The van der Waals surface area contributed by atoms with Crippen LogP contribution in [0.1, 0.15) is 15.9 Å². The number of carboxylic acid groups (broad SMARTS) is 1. The number of fused-ring (bicyclic) bond motifs is 1. The lowest BCUT2D eigenvalue weighted by Gasteiger charge is -2.07. The SMILES string of the molecule is O=C(CSc1ccccc1C(=O)O)NCCc1c[nH]c2ccccc12. The number of aromatic amines is 1. The monoisotopic (exact) mass is 354 g/mol. The summed E-state index contributed by atoms with van der Waals surface area (Å²) in [4.78, 5) is 27.0. The number of hydrogen-bond acceptors (Lipinski definition) is 3. The number of aromatic nitrogens is 1. The molecule has 1 aromatic heterocycles. The number of para-hydroxylation sites is 1. The summed E-state index contributed by atoms with van der Waals surface area (Å²) < 4.78 is 0. The molecule has 0 aliphatic carbocycles. The standard InChI is InChI=1S/C19H18N2O3S/c22-18(12-25-17-8-4-2-6-15(17)19(23)24)20-10-9-13-11-21-16-7-3-1-5-14(13)16/h1-8,11,21H,9-10,12H2,(H,20,22)(H,23,24). The molecule has 3 N–H and O–H groups in total. The Bertz CT molecular complexity index is 904. The summed E-state index contributed by atoms with van der Waals surface area (Å²) in [5.74, 6) is -0.897. The van der Waals surface area contributed by atoms with Gasteiger partial charge < -0.3 is 15.4 Å². The van der Waals surface area contributed by atoms with Crippen LogP contribution in [-0.4, -0.2) is 34.3 Å². The van der Waals surface area contributed by atoms with Crippen LogP contribution in [0.3, 0.4) is 0 Å². The van der Waals surface area contributed by atoms with Crippen LogP contribution in [0.25, 0.3) is 10.9 Å². The van der Waals surface area contributed by atoms with E-state index in [4.69, 9.17) is 5.11 Å². The largest absolute Gasteiger partial charge is 0.478 e. The zero-order valence-electron chi connectivity index (χ0n) is 13.5. The smallest absolute Gasteiger partial charge is 0.336 e. The Morgan fingerprint density at radius 3 is 2.68 bits per heavy atom. The van der Waals surface area contributed by atoms with E-state index in [1.807, 2.05) is 24.4 Å². The van der Waals surface area contributed by atoms with Gasteiger partial charge in [0.05, 0.1) is 11.3 Å². The number of carboxylic acids is 1. The molecule has 0 spiro atoms. The molecule has 5 nitrogen and oxygen atoms in total. The molecule has 6 heteroatoms. The van der Waals surface area contributed by atoms with Gasteiger partial charge in [0.15, 0.2) is 0 Å². The molecule has 0 atom stereocenters. The van der Waals surface area contributed by atoms with Crippen molar-refractivity contribution in [3.63, 3.8) is 0 Å². The van der Waals surface area contributed by atoms with E-state index in [2.05, 4.69) is 16.4 Å². The Morgan fingerprint density at radius 2 is 1.84 bits per heavy atom. The van der Waals surface area contributed by atoms with E-state index < -0.39 is 5.97 Å². The minimum absolute atomic E-state index is 0.106. The van der Waals surface area contributed by atoms with Crippen LogP contribution in [0.4, 0.5) is 0 Å². The summed E-state index contributed by atoms with van der Waals surface area (Å²) in [6.45, 7) is 0.543. The predicted molar refractivity (Wildman–Crippen MR) is 99.1 cm³/mol. The van der Waals surface area contributed by atoms with Crippen molar-refractivity contribution in [2.75, 3.05) is 12.3 Å². The molecular weight excluding hydrogens is 336 g/mol. The Morgan fingerprint density at radius 1 is 1.08 bits per heavy atom. The predicted octanol–water partition coefficient (Wildman–Crippen LogP) is 3.32. The fourth-order valence-corrected chi connectivity index (χ4v) is 3.51. The summed E-state index contributed by atoms with van der Waals surface area (Å²) in [5.41, 5.74) is 2.48. The zero-order chi connectivity index (χ0) is 17.6. The van der Waals surface area contributed by atoms with Crippen molar-refractivity contribution in [3.05, 3.63) is 65.9 Å². The van der Waals surface area contributed by atoms with E-state index in [0.29, 0.717) is 11.4 Å². The van der Waals surface area contributed by atoms with Crippen LogP contribution in [-0.2, 0) is 11.2 Å². The van der Waals surface area contributed by atoms with Gasteiger partial charge in [-0.1, -0.05) is 30.3 Å². The highest BCUT2D eigenvalue weighted by molar-refractivity contribution is 8.00. The van der Waals surface area contributed by atoms with Crippen molar-refractivity contribution in [2.24, 2.45) is 0 Å². The maximum atomic E-state index is 12.0. The van der Waals surface area contributed by atoms with E-state index in [9.17, 15) is 9.59 Å². The molecule has 1 heterocycles. The lowest BCUT2D eigenvalue weighted by Crippen LogP contribution is -2.27. The molecule has 3 aromatic rings. The molecule has 3 rings (SSSR count). The Hall–Kier alpha value is -2.73. The maximum Gasteiger partial charge on any atom is 0.336 e. The number of aromatic carboxylic acids is 1. The van der Waals surface area contributed by atoms with E-state index in [0.717, 1.165) is 11.9 Å². The topological polar surface area (TPSA) is 82.2 Å². The van der Waals surface area contributed by atoms with Crippen molar-refractivity contribution in [1.29, 1.82) is 0 Å². The fourth-order valence-electron chi connectivity index (χ4n) is 2.64. The van der Waals surface area contributed by atoms with Crippen molar-refractivity contribution in [2.45, 2.75) is 11.3 Å². The first-order valence-electron chi connectivity index (χ1n) is 7.92. The van der Waals surface area contributed by atoms with Crippen LogP contribution in [0.15, 0.2) is 59.6 Å². The molecule has 2 aromatic carbocycles. The second kappa shape index (κ2) is 7.90. The Balaban J connectivity index is 1.50. The van der Waals surface area contributed by atoms with Crippen molar-refractivity contribution >= 4 is 34.5 Å². The summed E-state index contributed by atoms with van der Waals surface area (Å²) in [7, 11) is 0. The highest BCUT2D eigenvalue weighted by Gasteiger charge is 2.11. The number of thioether (sulfide) groups is 1. The first-order chi connectivity index (χ1) is 12.1. The van der Waals surface area contributed by atoms with Crippen molar-refractivity contribution in [3.8, 4) is 0 Å². The second-order valence-electron chi connectivity index (χ2n) is 5.55. The quantitative estimate of drug-likeness (QED) is 0.569. The van der Waals surface area contributed by atoms with E-state index in [1.165, 1.54) is 22.7 Å². The number of carbonyl (C=O) groups excluding carboxylic acids is 1. The normalized spacial score (nSPS) is 10.7. The van der Waals surface area contributed by atoms with Gasteiger partial charge in [-0.25, -0.2) is 4.79 Å². The molecule has 0 aliphatic heterocycles. The van der Waals surface area contributed by atoms with Gasteiger partial charge in [0.2, 0.25) is 5.91 Å². The first kappa shape index (κ1) is 17.1. The third-order valence-electron chi connectivity index (χ3n) is 3.87. The van der Waals surface area contributed by atoms with E-state index in [1.54, 1.807) is 24.3 Å². The summed E-state index contributed by atoms with van der Waals surface area (Å²) in [6, 6.07) is 14.8. The van der Waals surface area contributed by atoms with Gasteiger partial charge in [-0.3, -0.25) is 4.79 Å². The van der Waals surface area contributed by atoms with Crippen molar-refractivity contribution < 1.29 is 14.7 Å². The highest BCUT2D eigenvalue weighted by atomic mass is 32.2. The minimum atomic E-state index is -0.983. The summed E-state index contributed by atoms with van der Waals surface area (Å²) in [5, 5.41) is 13.2. The summed E-state index contributed by atoms with van der Waals surface area (Å²) >= 11 is 1.23. The second-order valence-corrected chi connectivity index (χ2v) is 6.57. The molecule has 0 saturated heterocycles. The average Bonchev–Trinajstić information content (AvgIpc) is 3.03. The van der Waals surface area contributed by atoms with E-state index >= 15 is 0 Å². The van der Waals surface area contributed by atoms with Crippen LogP contribution in [0, 0.1) is 0 Å². The molecule has 0 unspecified atom stereocenters. The number of hydrogen-bond donors (Lipinski definition) is 3. The summed E-state index contributed by atoms with van der Waals surface area (Å²) in [6.07, 6.45) is 2.71. The first-order valence-corrected chi connectivity index (χ1v) is 8.90. The molecule has 25 heavy (non-hydrogen) atoms. The molecule has 0 aliphatic rings. The van der Waals surface area contributed by atoms with Gasteiger partial charge in [0.1, 0.15) is 0 Å². The van der Waals surface area contributed by atoms with Crippen LogP contribution in [0.5, 0.6) is 0 Å². The van der Waals surface area contributed by atoms with Crippen LogP contribution in [0.2, 0.25) is 0 Å². The number of amides is 1. The number of carbonyl (C=O) groups is 2. The van der Waals surface area contributed by atoms with Gasteiger partial charge in [0, 0.05) is 28.5 Å². The lowest BCUT2D eigenvalue weighted by atomic mass is 10.1. The number of H-pyrrole nitrogens is 1. The Labute approximate surface area is 149 Å². The lowest BCUT2D eigenvalue weighted by molar-refractivity contribution is -0.118. The van der Waals surface area contributed by atoms with Crippen LogP contribution < -0.4 is 5.32 Å². The number of rotatable bonds is 7. The molecule has 0 bridgehead atoms. The molecular formula is C19H18N2O3S. The number of benzene rings is 2. The van der Waals surface area contributed by atoms with Gasteiger partial charge >= 0.3 is 5.97 Å². The molecule has 0 radical (unpaired) electrons. The van der Waals surface area contributed by atoms with Gasteiger partial charge in [-0.05, 0) is 30.2 Å². The third-order valence-corrected chi connectivity index (χ3v) is 4.94. The van der Waals surface area contributed by atoms with Gasteiger partial charge in [-0.2, -0.15) is 0 Å². The van der Waals surface area contributed by atoms with Gasteiger partial charge in [-0.15, -0.1) is 11.8 Å². The number of nitrogens with one attached hydrogen (secondary N) is 2. The molecule has 0 saturated carbocycles. The Kier molecular flexibility index (Phi) is 5.40. The molecule has 1 amide bonds. The van der Waals surface area contributed by atoms with E-state index in [-0.39, 0.29) is 17.2 Å². The average molecular weight is 354 g/mol. The van der Waals surface area contributed by atoms with Gasteiger partial charge in [0.25, 0.3) is 0 Å². The van der Waals surface area contributed by atoms with Crippen molar-refractivity contribution in [1.82, 2.24) is 10.3 Å². The fraction of sp³-hybridized carbons (Fsp3) is 0.158. The zero-order valence-corrected chi connectivity index (χ0v) is 14.3. The molecule has 0 fully saturated rings. The maximum absolute atomic E-state index is 12.0. The third kappa shape index (κ3) is 4.22.